The number of hydrogen-bond donors (Lipinski definition) is 2. The molecule has 0 fully saturated rings. The molecule has 0 spiro atoms. The predicted molar refractivity (Wildman–Crippen MR) is 71.6 cm³/mol. The van der Waals surface area contributed by atoms with Crippen LogP contribution in [0.15, 0.2) is 36.9 Å². The summed E-state index contributed by atoms with van der Waals surface area (Å²) in [5.74, 6) is 0.624. The number of hydrogen-bond acceptors (Lipinski definition) is 8. The van der Waals surface area contributed by atoms with E-state index >= 15 is 0 Å². The Morgan fingerprint density at radius 1 is 1.19 bits per heavy atom. The number of aliphatic hydroxyl groups excluding tert-OH is 1. The summed E-state index contributed by atoms with van der Waals surface area (Å²) in [6.07, 6.45) is 2.78. The Morgan fingerprint density at radius 3 is 2.81 bits per heavy atom. The van der Waals surface area contributed by atoms with E-state index in [9.17, 15) is 5.11 Å². The molecule has 0 aliphatic rings. The van der Waals surface area contributed by atoms with Crippen LogP contribution in [0.3, 0.4) is 0 Å². The van der Waals surface area contributed by atoms with Crippen LogP contribution in [-0.4, -0.2) is 34.8 Å². The highest BCUT2D eigenvalue weighted by Gasteiger charge is 2.10. The molecule has 3 rings (SSSR count). The molecular weight excluding hydrogens is 274 g/mol. The van der Waals surface area contributed by atoms with Gasteiger partial charge in [0, 0.05) is 5.56 Å². The van der Waals surface area contributed by atoms with Crippen molar-refractivity contribution in [3.8, 4) is 17.7 Å². The van der Waals surface area contributed by atoms with E-state index in [1.165, 1.54) is 17.3 Å². The number of nitrogen functional groups attached to an aromatic ring is 1. The molecule has 0 aliphatic heterocycles. The minimum Gasteiger partial charge on any atom is -0.424 e. The fraction of sp³-hybridized carbons (Fsp3) is 0.0833. The highest BCUT2D eigenvalue weighted by atomic mass is 16.5. The van der Waals surface area contributed by atoms with Gasteiger partial charge in [-0.2, -0.15) is 24.7 Å². The standard InChI is InChI=1S/C12H11N7O2/c13-10-16-11(19-7-14-6-15-19)18-12(17-10)21-9-4-2-1-3-8(9)5-20/h1-4,6-7,20H,5H2,(H2,13,16,17,18). The van der Waals surface area contributed by atoms with Crippen LogP contribution in [0.5, 0.6) is 11.8 Å². The van der Waals surface area contributed by atoms with E-state index in [4.69, 9.17) is 10.5 Å². The average Bonchev–Trinajstić information content (AvgIpc) is 3.01. The molecule has 0 bridgehead atoms. The Morgan fingerprint density at radius 2 is 2.05 bits per heavy atom. The van der Waals surface area contributed by atoms with E-state index in [1.807, 2.05) is 0 Å². The molecular formula is C12H11N7O2. The second kappa shape index (κ2) is 5.51. The maximum Gasteiger partial charge on any atom is 0.328 e. The van der Waals surface area contributed by atoms with Crippen LogP contribution in [0.4, 0.5) is 5.95 Å². The topological polar surface area (TPSA) is 125 Å². The molecule has 106 valence electrons. The lowest BCUT2D eigenvalue weighted by Gasteiger charge is -2.08. The zero-order valence-electron chi connectivity index (χ0n) is 10.8. The summed E-state index contributed by atoms with van der Waals surface area (Å²) >= 11 is 0. The quantitative estimate of drug-likeness (QED) is 0.702. The third-order valence-electron chi connectivity index (χ3n) is 2.59. The van der Waals surface area contributed by atoms with Crippen molar-refractivity contribution in [3.05, 3.63) is 42.5 Å². The smallest absolute Gasteiger partial charge is 0.328 e. The van der Waals surface area contributed by atoms with Crippen molar-refractivity contribution in [1.29, 1.82) is 0 Å². The summed E-state index contributed by atoms with van der Waals surface area (Å²) in [6, 6.07) is 7.01. The minimum atomic E-state index is -0.160. The van der Waals surface area contributed by atoms with Gasteiger partial charge in [0.25, 0.3) is 5.95 Å². The van der Waals surface area contributed by atoms with Gasteiger partial charge in [0.15, 0.2) is 0 Å². The molecule has 0 amide bonds. The molecule has 0 unspecified atom stereocenters. The summed E-state index contributed by atoms with van der Waals surface area (Å²) in [6.45, 7) is -0.160. The van der Waals surface area contributed by atoms with Crippen LogP contribution in [0.1, 0.15) is 5.56 Å². The van der Waals surface area contributed by atoms with E-state index in [2.05, 4.69) is 25.0 Å². The lowest BCUT2D eigenvalue weighted by molar-refractivity contribution is 0.275. The van der Waals surface area contributed by atoms with Crippen LogP contribution >= 0.6 is 0 Å². The molecule has 9 heteroatoms. The third-order valence-corrected chi connectivity index (χ3v) is 2.59. The molecule has 9 nitrogen and oxygen atoms in total. The number of ether oxygens (including phenoxy) is 1. The molecule has 0 saturated carbocycles. The zero-order chi connectivity index (χ0) is 14.7. The number of nitrogens with two attached hydrogens (primary N) is 1. The summed E-state index contributed by atoms with van der Waals surface area (Å²) in [5, 5.41) is 13.2. The van der Waals surface area contributed by atoms with Crippen LogP contribution < -0.4 is 10.5 Å². The van der Waals surface area contributed by atoms with Crippen molar-refractivity contribution < 1.29 is 9.84 Å². The molecule has 21 heavy (non-hydrogen) atoms. The van der Waals surface area contributed by atoms with Gasteiger partial charge in [-0.3, -0.25) is 0 Å². The Hall–Kier alpha value is -3.07. The second-order valence-corrected chi connectivity index (χ2v) is 3.98. The maximum absolute atomic E-state index is 9.28. The number of para-hydroxylation sites is 1. The Bertz CT molecular complexity index is 745. The molecule has 3 N–H and O–H groups in total. The second-order valence-electron chi connectivity index (χ2n) is 3.98. The number of aliphatic hydroxyl groups is 1. The first kappa shape index (κ1) is 12.9. The lowest BCUT2D eigenvalue weighted by Crippen LogP contribution is -2.08. The van der Waals surface area contributed by atoms with E-state index in [-0.39, 0.29) is 24.5 Å². The van der Waals surface area contributed by atoms with Gasteiger partial charge in [0.05, 0.1) is 6.61 Å². The summed E-state index contributed by atoms with van der Waals surface area (Å²) < 4.78 is 6.89. The van der Waals surface area contributed by atoms with E-state index < -0.39 is 0 Å². The van der Waals surface area contributed by atoms with Crippen LogP contribution in [0, 0.1) is 0 Å². The van der Waals surface area contributed by atoms with Crippen molar-refractivity contribution >= 4 is 5.95 Å². The first-order chi connectivity index (χ1) is 10.3. The van der Waals surface area contributed by atoms with Gasteiger partial charge in [-0.1, -0.05) is 18.2 Å². The fourth-order valence-corrected chi connectivity index (χ4v) is 1.65. The van der Waals surface area contributed by atoms with Gasteiger partial charge in [0.2, 0.25) is 5.95 Å². The molecule has 0 atom stereocenters. The fourth-order valence-electron chi connectivity index (χ4n) is 1.65. The van der Waals surface area contributed by atoms with Gasteiger partial charge < -0.3 is 15.6 Å². The largest absolute Gasteiger partial charge is 0.424 e. The van der Waals surface area contributed by atoms with Gasteiger partial charge in [-0.05, 0) is 6.07 Å². The number of anilines is 1. The molecule has 2 heterocycles. The van der Waals surface area contributed by atoms with E-state index in [1.54, 1.807) is 24.3 Å². The Balaban J connectivity index is 1.96. The van der Waals surface area contributed by atoms with Crippen molar-refractivity contribution in [2.75, 3.05) is 5.73 Å². The summed E-state index contributed by atoms with van der Waals surface area (Å²) in [7, 11) is 0. The van der Waals surface area contributed by atoms with Crippen molar-refractivity contribution in [2.24, 2.45) is 0 Å². The van der Waals surface area contributed by atoms with Crippen molar-refractivity contribution in [3.63, 3.8) is 0 Å². The van der Waals surface area contributed by atoms with E-state index in [0.29, 0.717) is 11.3 Å². The van der Waals surface area contributed by atoms with Crippen LogP contribution in [-0.2, 0) is 6.61 Å². The highest BCUT2D eigenvalue weighted by molar-refractivity contribution is 5.35. The van der Waals surface area contributed by atoms with Gasteiger partial charge in [0.1, 0.15) is 18.4 Å². The molecule has 0 radical (unpaired) electrons. The SMILES string of the molecule is Nc1nc(Oc2ccccc2CO)nc(-n2cncn2)n1. The summed E-state index contributed by atoms with van der Waals surface area (Å²) in [4.78, 5) is 15.8. The first-order valence-electron chi connectivity index (χ1n) is 5.99. The highest BCUT2D eigenvalue weighted by Crippen LogP contribution is 2.23. The number of aromatic nitrogens is 6. The zero-order valence-corrected chi connectivity index (χ0v) is 10.8. The normalized spacial score (nSPS) is 10.5. The first-order valence-corrected chi connectivity index (χ1v) is 5.99. The van der Waals surface area contributed by atoms with Crippen LogP contribution in [0.25, 0.3) is 5.95 Å². The molecule has 0 aliphatic carbocycles. The van der Waals surface area contributed by atoms with Crippen LogP contribution in [0.2, 0.25) is 0 Å². The molecule has 1 aromatic carbocycles. The monoisotopic (exact) mass is 285 g/mol. The number of benzene rings is 1. The van der Waals surface area contributed by atoms with Crippen molar-refractivity contribution in [1.82, 2.24) is 29.7 Å². The Kier molecular flexibility index (Phi) is 3.39. The summed E-state index contributed by atoms with van der Waals surface area (Å²) in [5.41, 5.74) is 6.25. The van der Waals surface area contributed by atoms with Gasteiger partial charge in [-0.25, -0.2) is 4.98 Å². The van der Waals surface area contributed by atoms with Crippen molar-refractivity contribution in [2.45, 2.75) is 6.61 Å². The number of nitrogens with zero attached hydrogens (tertiary/aromatic N) is 6. The average molecular weight is 285 g/mol. The minimum absolute atomic E-state index is 0.00743. The number of rotatable bonds is 4. The molecule has 0 saturated heterocycles. The molecule has 3 aromatic rings. The Labute approximate surface area is 119 Å². The lowest BCUT2D eigenvalue weighted by atomic mass is 10.2. The predicted octanol–water partition coefficient (Wildman–Crippen LogP) is 0.319. The third kappa shape index (κ3) is 2.77. The van der Waals surface area contributed by atoms with Gasteiger partial charge in [-0.15, -0.1) is 0 Å². The van der Waals surface area contributed by atoms with E-state index in [0.717, 1.165) is 0 Å². The maximum atomic E-state index is 9.28. The van der Waals surface area contributed by atoms with Gasteiger partial charge >= 0.3 is 6.01 Å². The molecule has 2 aromatic heterocycles.